The van der Waals surface area contributed by atoms with Crippen LogP contribution in [0.3, 0.4) is 0 Å². The molecular formula is C8H11N3. The Morgan fingerprint density at radius 1 is 1.36 bits per heavy atom. The number of hydrogen-bond acceptors (Lipinski definition) is 3. The highest BCUT2D eigenvalue weighted by atomic mass is 14.7. The largest absolute Gasteiger partial charge is 0.399 e. The molecule has 0 aliphatic rings. The van der Waals surface area contributed by atoms with Gasteiger partial charge in [-0.25, -0.2) is 0 Å². The first-order chi connectivity index (χ1) is 5.24. The van der Waals surface area contributed by atoms with E-state index in [0.29, 0.717) is 11.4 Å². The Labute approximate surface area is 65.7 Å². The lowest BCUT2D eigenvalue weighted by Gasteiger charge is -1.99. The predicted molar refractivity (Wildman–Crippen MR) is 48.8 cm³/mol. The molecule has 0 amide bonds. The summed E-state index contributed by atoms with van der Waals surface area (Å²) in [7, 11) is 1.70. The van der Waals surface area contributed by atoms with Gasteiger partial charge in [0.05, 0.1) is 0 Å². The quantitative estimate of drug-likeness (QED) is 0.460. The molecular weight excluding hydrogens is 138 g/mol. The van der Waals surface area contributed by atoms with Crippen LogP contribution in [0.15, 0.2) is 23.2 Å². The summed E-state index contributed by atoms with van der Waals surface area (Å²) in [6.07, 6.45) is 1.69. The van der Waals surface area contributed by atoms with Crippen LogP contribution in [0.1, 0.15) is 5.56 Å². The first kappa shape index (κ1) is 7.60. The smallest absolute Gasteiger partial charge is 0.0404 e. The van der Waals surface area contributed by atoms with Gasteiger partial charge in [0.25, 0.3) is 0 Å². The number of nitrogen functional groups attached to an aromatic ring is 2. The van der Waals surface area contributed by atoms with Crippen LogP contribution in [0.5, 0.6) is 0 Å². The summed E-state index contributed by atoms with van der Waals surface area (Å²) in [6, 6.07) is 5.33. The summed E-state index contributed by atoms with van der Waals surface area (Å²) in [5.41, 5.74) is 13.4. The van der Waals surface area contributed by atoms with Crippen LogP contribution in [-0.4, -0.2) is 13.3 Å². The van der Waals surface area contributed by atoms with E-state index in [1.165, 1.54) is 0 Å². The monoisotopic (exact) mass is 149 g/mol. The summed E-state index contributed by atoms with van der Waals surface area (Å²) < 4.78 is 0. The van der Waals surface area contributed by atoms with Gasteiger partial charge >= 0.3 is 0 Å². The van der Waals surface area contributed by atoms with E-state index in [1.807, 2.05) is 0 Å². The van der Waals surface area contributed by atoms with Crippen molar-refractivity contribution in [1.29, 1.82) is 0 Å². The van der Waals surface area contributed by atoms with Crippen molar-refractivity contribution in [2.75, 3.05) is 18.5 Å². The normalized spacial score (nSPS) is 10.6. The molecule has 0 spiro atoms. The molecule has 1 rings (SSSR count). The van der Waals surface area contributed by atoms with E-state index in [2.05, 4.69) is 4.99 Å². The molecule has 11 heavy (non-hydrogen) atoms. The van der Waals surface area contributed by atoms with Crippen molar-refractivity contribution in [3.63, 3.8) is 0 Å². The molecule has 0 fully saturated rings. The maximum absolute atomic E-state index is 5.63. The summed E-state index contributed by atoms with van der Waals surface area (Å²) in [4.78, 5) is 3.85. The lowest BCUT2D eigenvalue weighted by molar-refractivity contribution is 1.46. The van der Waals surface area contributed by atoms with Crippen molar-refractivity contribution >= 4 is 17.6 Å². The van der Waals surface area contributed by atoms with Gasteiger partial charge in [-0.05, 0) is 18.2 Å². The summed E-state index contributed by atoms with van der Waals surface area (Å²) in [5, 5.41) is 0. The van der Waals surface area contributed by atoms with Crippen molar-refractivity contribution < 1.29 is 0 Å². The topological polar surface area (TPSA) is 64.4 Å². The van der Waals surface area contributed by atoms with E-state index in [4.69, 9.17) is 11.5 Å². The molecule has 0 aliphatic carbocycles. The Bertz CT molecular complexity index is 279. The van der Waals surface area contributed by atoms with Gasteiger partial charge in [-0.15, -0.1) is 0 Å². The fourth-order valence-corrected chi connectivity index (χ4v) is 0.844. The van der Waals surface area contributed by atoms with Crippen molar-refractivity contribution in [2.24, 2.45) is 4.99 Å². The van der Waals surface area contributed by atoms with Crippen LogP contribution in [0.25, 0.3) is 0 Å². The van der Waals surface area contributed by atoms with Crippen LogP contribution >= 0.6 is 0 Å². The van der Waals surface area contributed by atoms with Gasteiger partial charge in [-0.3, -0.25) is 4.99 Å². The number of rotatable bonds is 1. The number of anilines is 2. The summed E-state index contributed by atoms with van der Waals surface area (Å²) >= 11 is 0. The molecule has 0 atom stereocenters. The zero-order valence-corrected chi connectivity index (χ0v) is 6.41. The number of benzene rings is 1. The molecule has 58 valence electrons. The first-order valence-corrected chi connectivity index (χ1v) is 3.31. The van der Waals surface area contributed by atoms with Crippen molar-refractivity contribution in [2.45, 2.75) is 0 Å². The van der Waals surface area contributed by atoms with Gasteiger partial charge in [-0.1, -0.05) is 0 Å². The van der Waals surface area contributed by atoms with Crippen molar-refractivity contribution in [1.82, 2.24) is 0 Å². The Kier molecular flexibility index (Phi) is 2.11. The fourth-order valence-electron chi connectivity index (χ4n) is 0.844. The Hall–Kier alpha value is -1.51. The molecule has 4 N–H and O–H groups in total. The minimum atomic E-state index is 0.699. The van der Waals surface area contributed by atoms with E-state index in [0.717, 1.165) is 5.56 Å². The highest BCUT2D eigenvalue weighted by Gasteiger charge is 1.94. The predicted octanol–water partition coefficient (Wildman–Crippen LogP) is 0.900. The lowest BCUT2D eigenvalue weighted by atomic mass is 10.2. The number of nitrogens with two attached hydrogens (primary N) is 2. The summed E-state index contributed by atoms with van der Waals surface area (Å²) in [6.45, 7) is 0. The highest BCUT2D eigenvalue weighted by molar-refractivity contribution is 5.88. The van der Waals surface area contributed by atoms with E-state index in [9.17, 15) is 0 Å². The second-order valence-electron chi connectivity index (χ2n) is 2.28. The Balaban J connectivity index is 3.12. The van der Waals surface area contributed by atoms with Crippen LogP contribution in [0.4, 0.5) is 11.4 Å². The number of hydrogen-bond donors (Lipinski definition) is 2. The standard InChI is InChI=1S/C8H11N3/c1-11-5-6-4-7(9)2-3-8(6)10/h2-5H,9-10H2,1H3. The van der Waals surface area contributed by atoms with E-state index >= 15 is 0 Å². The average Bonchev–Trinajstić information content (AvgIpc) is 1.98. The molecule has 0 saturated carbocycles. The third-order valence-electron chi connectivity index (χ3n) is 1.38. The van der Waals surface area contributed by atoms with E-state index in [-0.39, 0.29) is 0 Å². The third kappa shape index (κ3) is 1.70. The maximum Gasteiger partial charge on any atom is 0.0404 e. The molecule has 3 nitrogen and oxygen atoms in total. The molecule has 1 aromatic rings. The molecule has 0 saturated heterocycles. The minimum absolute atomic E-state index is 0.699. The summed E-state index contributed by atoms with van der Waals surface area (Å²) in [5.74, 6) is 0. The molecule has 3 heteroatoms. The molecule has 0 aliphatic heterocycles. The zero-order valence-electron chi connectivity index (χ0n) is 6.41. The van der Waals surface area contributed by atoms with Gasteiger partial charge in [0.1, 0.15) is 0 Å². The van der Waals surface area contributed by atoms with Crippen LogP contribution in [0, 0.1) is 0 Å². The van der Waals surface area contributed by atoms with Crippen molar-refractivity contribution in [3.05, 3.63) is 23.8 Å². The lowest BCUT2D eigenvalue weighted by Crippen LogP contribution is -1.95. The molecule has 0 aromatic heterocycles. The molecule has 1 aromatic carbocycles. The van der Waals surface area contributed by atoms with Gasteiger partial charge in [-0.2, -0.15) is 0 Å². The van der Waals surface area contributed by atoms with Gasteiger partial charge in [0.15, 0.2) is 0 Å². The number of nitrogens with zero attached hydrogens (tertiary/aromatic N) is 1. The van der Waals surface area contributed by atoms with Crippen molar-refractivity contribution in [3.8, 4) is 0 Å². The molecule has 0 heterocycles. The highest BCUT2D eigenvalue weighted by Crippen LogP contribution is 2.12. The Morgan fingerprint density at radius 3 is 2.73 bits per heavy atom. The fraction of sp³-hybridized carbons (Fsp3) is 0.125. The maximum atomic E-state index is 5.63. The second-order valence-corrected chi connectivity index (χ2v) is 2.28. The SMILES string of the molecule is CN=Cc1cc(N)ccc1N. The third-order valence-corrected chi connectivity index (χ3v) is 1.38. The van der Waals surface area contributed by atoms with Gasteiger partial charge in [0.2, 0.25) is 0 Å². The van der Waals surface area contributed by atoms with E-state index < -0.39 is 0 Å². The van der Waals surface area contributed by atoms with Crippen LogP contribution in [0.2, 0.25) is 0 Å². The Morgan fingerprint density at radius 2 is 2.09 bits per heavy atom. The van der Waals surface area contributed by atoms with Gasteiger partial charge < -0.3 is 11.5 Å². The average molecular weight is 149 g/mol. The number of aliphatic imine (C=N–C) groups is 1. The molecule has 0 radical (unpaired) electrons. The molecule has 0 bridgehead atoms. The minimum Gasteiger partial charge on any atom is -0.399 e. The van der Waals surface area contributed by atoms with Crippen LogP contribution < -0.4 is 11.5 Å². The van der Waals surface area contributed by atoms with Crippen LogP contribution in [-0.2, 0) is 0 Å². The zero-order chi connectivity index (χ0) is 8.27. The van der Waals surface area contributed by atoms with Gasteiger partial charge in [0, 0.05) is 30.2 Å². The van der Waals surface area contributed by atoms with E-state index in [1.54, 1.807) is 31.5 Å². The first-order valence-electron chi connectivity index (χ1n) is 3.31. The molecule has 0 unspecified atom stereocenters. The second kappa shape index (κ2) is 3.05.